The summed E-state index contributed by atoms with van der Waals surface area (Å²) in [6, 6.07) is 6.14. The van der Waals surface area contributed by atoms with Gasteiger partial charge in [0.25, 0.3) is 0 Å². The average Bonchev–Trinajstić information content (AvgIpc) is 2.10. The van der Waals surface area contributed by atoms with Crippen molar-refractivity contribution in [1.82, 2.24) is 0 Å². The van der Waals surface area contributed by atoms with Crippen LogP contribution in [0.15, 0.2) is 24.3 Å². The number of para-hydroxylation sites is 2. The van der Waals surface area contributed by atoms with Crippen molar-refractivity contribution in [1.29, 1.82) is 0 Å². The largest absolute Gasteiger partial charge is 0.506 e. The van der Waals surface area contributed by atoms with E-state index in [0.29, 0.717) is 0 Å². The number of benzene rings is 1. The van der Waals surface area contributed by atoms with Gasteiger partial charge in [-0.25, -0.2) is 8.42 Å². The molecule has 0 aliphatic carbocycles. The van der Waals surface area contributed by atoms with Gasteiger partial charge in [0, 0.05) is 0 Å². The van der Waals surface area contributed by atoms with E-state index in [0.717, 1.165) is 6.26 Å². The van der Waals surface area contributed by atoms with Crippen molar-refractivity contribution in [2.45, 2.75) is 13.8 Å². The Bertz CT molecular complexity index is 373. The van der Waals surface area contributed by atoms with Gasteiger partial charge in [0.2, 0.25) is 10.0 Å². The molecule has 0 fully saturated rings. The molecule has 0 saturated carbocycles. The summed E-state index contributed by atoms with van der Waals surface area (Å²) in [5.74, 6) is -0.0806. The number of hydrogen-bond acceptors (Lipinski definition) is 3. The highest BCUT2D eigenvalue weighted by Gasteiger charge is 2.04. The quantitative estimate of drug-likeness (QED) is 0.742. The fourth-order valence-electron chi connectivity index (χ4n) is 0.760. The van der Waals surface area contributed by atoms with E-state index in [1.807, 2.05) is 13.8 Å². The molecule has 0 radical (unpaired) electrons. The summed E-state index contributed by atoms with van der Waals surface area (Å²) in [4.78, 5) is 0. The van der Waals surface area contributed by atoms with Crippen molar-refractivity contribution in [3.05, 3.63) is 24.3 Å². The number of phenols is 1. The van der Waals surface area contributed by atoms with Crippen LogP contribution in [-0.2, 0) is 10.0 Å². The van der Waals surface area contributed by atoms with Crippen LogP contribution in [0.1, 0.15) is 13.8 Å². The number of hydrogen-bond donors (Lipinski definition) is 2. The van der Waals surface area contributed by atoms with Crippen molar-refractivity contribution >= 4 is 15.7 Å². The fourth-order valence-corrected chi connectivity index (χ4v) is 1.33. The summed E-state index contributed by atoms with van der Waals surface area (Å²) >= 11 is 0. The number of anilines is 1. The molecule has 0 bridgehead atoms. The first-order chi connectivity index (χ1) is 6.49. The maximum absolute atomic E-state index is 10.7. The normalized spacial score (nSPS) is 9.93. The molecule has 1 aromatic carbocycles. The molecule has 0 atom stereocenters. The minimum Gasteiger partial charge on any atom is -0.506 e. The van der Waals surface area contributed by atoms with Gasteiger partial charge >= 0.3 is 0 Å². The molecule has 1 rings (SSSR count). The third-order valence-electron chi connectivity index (χ3n) is 1.20. The Balaban J connectivity index is 0.000000791. The molecule has 0 aliphatic heterocycles. The zero-order valence-electron chi connectivity index (χ0n) is 8.48. The van der Waals surface area contributed by atoms with Crippen molar-refractivity contribution in [2.24, 2.45) is 0 Å². The van der Waals surface area contributed by atoms with E-state index < -0.39 is 10.0 Å². The summed E-state index contributed by atoms with van der Waals surface area (Å²) < 4.78 is 23.6. The predicted molar refractivity (Wildman–Crippen MR) is 57.9 cm³/mol. The van der Waals surface area contributed by atoms with Gasteiger partial charge in [-0.15, -0.1) is 0 Å². The second-order valence-corrected chi connectivity index (χ2v) is 4.14. The maximum atomic E-state index is 10.7. The molecule has 1 aromatic rings. The lowest BCUT2D eigenvalue weighted by Crippen LogP contribution is -2.09. The van der Waals surface area contributed by atoms with Gasteiger partial charge in [-0.1, -0.05) is 26.0 Å². The number of phenolic OH excluding ortho intramolecular Hbond substituents is 1. The van der Waals surface area contributed by atoms with Crippen LogP contribution < -0.4 is 4.72 Å². The summed E-state index contributed by atoms with van der Waals surface area (Å²) in [6.07, 6.45) is 1.03. The van der Waals surface area contributed by atoms with Crippen LogP contribution in [0.2, 0.25) is 0 Å². The Morgan fingerprint density at radius 3 is 2.14 bits per heavy atom. The molecular formula is C9H15NO3S. The zero-order valence-corrected chi connectivity index (χ0v) is 9.30. The van der Waals surface area contributed by atoms with E-state index in [9.17, 15) is 8.42 Å². The van der Waals surface area contributed by atoms with Gasteiger partial charge in [0.05, 0.1) is 11.9 Å². The number of nitrogens with one attached hydrogen (secondary N) is 1. The summed E-state index contributed by atoms with van der Waals surface area (Å²) in [5.41, 5.74) is 0.194. The van der Waals surface area contributed by atoms with Crippen molar-refractivity contribution in [3.63, 3.8) is 0 Å². The van der Waals surface area contributed by atoms with Crippen LogP contribution in [0.5, 0.6) is 5.75 Å². The monoisotopic (exact) mass is 217 g/mol. The van der Waals surface area contributed by atoms with E-state index in [2.05, 4.69) is 4.72 Å². The van der Waals surface area contributed by atoms with Gasteiger partial charge in [0.15, 0.2) is 0 Å². The van der Waals surface area contributed by atoms with E-state index >= 15 is 0 Å². The van der Waals surface area contributed by atoms with Crippen LogP contribution in [0.25, 0.3) is 0 Å². The molecule has 0 aromatic heterocycles. The zero-order chi connectivity index (χ0) is 11.2. The highest BCUT2D eigenvalue weighted by atomic mass is 32.2. The molecule has 0 spiro atoms. The van der Waals surface area contributed by atoms with E-state index in [-0.39, 0.29) is 11.4 Å². The minimum atomic E-state index is -3.31. The molecule has 4 nitrogen and oxygen atoms in total. The lowest BCUT2D eigenvalue weighted by atomic mass is 10.3. The average molecular weight is 217 g/mol. The first-order valence-corrected chi connectivity index (χ1v) is 6.14. The Morgan fingerprint density at radius 2 is 1.71 bits per heavy atom. The second-order valence-electron chi connectivity index (χ2n) is 2.39. The third-order valence-corrected chi connectivity index (χ3v) is 1.79. The van der Waals surface area contributed by atoms with Crippen LogP contribution in [0.4, 0.5) is 5.69 Å². The Hall–Kier alpha value is -1.23. The molecule has 0 saturated heterocycles. The molecule has 80 valence electrons. The van der Waals surface area contributed by atoms with Crippen LogP contribution >= 0.6 is 0 Å². The molecule has 0 unspecified atom stereocenters. The lowest BCUT2D eigenvalue weighted by molar-refractivity contribution is 0.477. The van der Waals surface area contributed by atoms with Gasteiger partial charge in [-0.05, 0) is 12.1 Å². The Morgan fingerprint density at radius 1 is 1.21 bits per heavy atom. The SMILES string of the molecule is CC.CS(=O)(=O)Nc1ccccc1O. The molecular weight excluding hydrogens is 202 g/mol. The van der Waals surface area contributed by atoms with Gasteiger partial charge in [-0.2, -0.15) is 0 Å². The third kappa shape index (κ3) is 4.71. The highest BCUT2D eigenvalue weighted by Crippen LogP contribution is 2.21. The topological polar surface area (TPSA) is 66.4 Å². The van der Waals surface area contributed by atoms with E-state index in [4.69, 9.17) is 5.11 Å². The second kappa shape index (κ2) is 5.49. The number of rotatable bonds is 2. The van der Waals surface area contributed by atoms with Gasteiger partial charge in [0.1, 0.15) is 5.75 Å². The number of sulfonamides is 1. The maximum Gasteiger partial charge on any atom is 0.229 e. The predicted octanol–water partition coefficient (Wildman–Crippen LogP) is 1.79. The molecule has 0 aliphatic rings. The van der Waals surface area contributed by atoms with Crippen LogP contribution in [0, 0.1) is 0 Å². The molecule has 5 heteroatoms. The Labute approximate surface area is 84.6 Å². The number of aromatic hydroxyl groups is 1. The van der Waals surface area contributed by atoms with Crippen molar-refractivity contribution in [3.8, 4) is 5.75 Å². The first-order valence-electron chi connectivity index (χ1n) is 4.25. The lowest BCUT2D eigenvalue weighted by Gasteiger charge is -2.04. The van der Waals surface area contributed by atoms with Crippen molar-refractivity contribution < 1.29 is 13.5 Å². The summed E-state index contributed by atoms with van der Waals surface area (Å²) in [6.45, 7) is 4.00. The Kier molecular flexibility index (Phi) is 5.01. The first kappa shape index (κ1) is 12.8. The van der Waals surface area contributed by atoms with Gasteiger partial charge in [-0.3, -0.25) is 4.72 Å². The minimum absolute atomic E-state index is 0.0806. The van der Waals surface area contributed by atoms with E-state index in [1.165, 1.54) is 12.1 Å². The molecule has 2 N–H and O–H groups in total. The van der Waals surface area contributed by atoms with Gasteiger partial charge < -0.3 is 5.11 Å². The summed E-state index contributed by atoms with van der Waals surface area (Å²) in [7, 11) is -3.31. The smallest absolute Gasteiger partial charge is 0.229 e. The van der Waals surface area contributed by atoms with Crippen LogP contribution in [0.3, 0.4) is 0 Å². The fraction of sp³-hybridized carbons (Fsp3) is 0.333. The summed E-state index contributed by atoms with van der Waals surface area (Å²) in [5, 5.41) is 9.15. The standard InChI is InChI=1S/C7H9NO3S.C2H6/c1-12(10,11)8-6-4-2-3-5-7(6)9;1-2/h2-5,8-9H,1H3;1-2H3. The van der Waals surface area contributed by atoms with E-state index in [1.54, 1.807) is 12.1 Å². The van der Waals surface area contributed by atoms with Crippen molar-refractivity contribution in [2.75, 3.05) is 11.0 Å². The molecule has 14 heavy (non-hydrogen) atoms. The molecule has 0 amide bonds. The highest BCUT2D eigenvalue weighted by molar-refractivity contribution is 7.92. The molecule has 0 heterocycles. The van der Waals surface area contributed by atoms with Crippen LogP contribution in [-0.4, -0.2) is 19.8 Å².